The summed E-state index contributed by atoms with van der Waals surface area (Å²) >= 11 is 0. The molecule has 2 aliphatic rings. The monoisotopic (exact) mass is 259 g/mol. The molecule has 19 heavy (non-hydrogen) atoms. The third-order valence-electron chi connectivity index (χ3n) is 4.52. The van der Waals surface area contributed by atoms with Gasteiger partial charge in [-0.2, -0.15) is 0 Å². The van der Waals surface area contributed by atoms with Crippen LogP contribution in [0.4, 0.5) is 0 Å². The Morgan fingerprint density at radius 2 is 1.84 bits per heavy atom. The zero-order valence-electron chi connectivity index (χ0n) is 12.1. The van der Waals surface area contributed by atoms with Crippen LogP contribution in [-0.4, -0.2) is 49.2 Å². The third kappa shape index (κ3) is 3.16. The van der Waals surface area contributed by atoms with Crippen molar-refractivity contribution in [3.05, 3.63) is 35.4 Å². The first kappa shape index (κ1) is 13.1. The van der Waals surface area contributed by atoms with E-state index in [0.29, 0.717) is 6.04 Å². The smallest absolute Gasteiger partial charge is 0.0259 e. The second kappa shape index (κ2) is 5.61. The highest BCUT2D eigenvalue weighted by Crippen LogP contribution is 2.37. The Balaban J connectivity index is 1.45. The van der Waals surface area contributed by atoms with Gasteiger partial charge in [0, 0.05) is 32.2 Å². The first-order valence-corrected chi connectivity index (χ1v) is 7.47. The van der Waals surface area contributed by atoms with Crippen LogP contribution in [0.25, 0.3) is 0 Å². The minimum atomic E-state index is 0.689. The summed E-state index contributed by atoms with van der Waals surface area (Å²) in [6.07, 6.45) is 2.57. The summed E-state index contributed by atoms with van der Waals surface area (Å²) in [6.45, 7) is 6.86. The molecule has 3 nitrogen and oxygen atoms in total. The van der Waals surface area contributed by atoms with Crippen LogP contribution >= 0.6 is 0 Å². The van der Waals surface area contributed by atoms with Gasteiger partial charge in [-0.1, -0.05) is 29.8 Å². The molecule has 104 valence electrons. The molecule has 0 bridgehead atoms. The lowest BCUT2D eigenvalue weighted by Gasteiger charge is -2.42. The van der Waals surface area contributed by atoms with Crippen LogP contribution < -0.4 is 5.43 Å². The highest BCUT2D eigenvalue weighted by Gasteiger charge is 2.31. The van der Waals surface area contributed by atoms with Crippen molar-refractivity contribution in [3.63, 3.8) is 0 Å². The van der Waals surface area contributed by atoms with E-state index in [2.05, 4.69) is 53.6 Å². The predicted molar refractivity (Wildman–Crippen MR) is 79.1 cm³/mol. The molecular formula is C16H25N3. The van der Waals surface area contributed by atoms with Crippen molar-refractivity contribution in [1.29, 1.82) is 0 Å². The van der Waals surface area contributed by atoms with Crippen LogP contribution in [-0.2, 0) is 0 Å². The molecule has 2 fully saturated rings. The van der Waals surface area contributed by atoms with Gasteiger partial charge in [-0.25, -0.2) is 5.01 Å². The van der Waals surface area contributed by atoms with Gasteiger partial charge in [-0.05, 0) is 38.3 Å². The lowest BCUT2D eigenvalue weighted by Crippen LogP contribution is -2.56. The summed E-state index contributed by atoms with van der Waals surface area (Å²) in [5, 5.41) is 2.41. The summed E-state index contributed by atoms with van der Waals surface area (Å²) in [6, 6.07) is 9.68. The van der Waals surface area contributed by atoms with E-state index >= 15 is 0 Å². The number of hydrogen-bond acceptors (Lipinski definition) is 3. The van der Waals surface area contributed by atoms with Crippen LogP contribution in [0.2, 0.25) is 0 Å². The van der Waals surface area contributed by atoms with Gasteiger partial charge in [-0.3, -0.25) is 5.43 Å². The summed E-state index contributed by atoms with van der Waals surface area (Å²) < 4.78 is 0. The molecule has 3 heteroatoms. The number of hydrazine groups is 1. The van der Waals surface area contributed by atoms with Crippen LogP contribution in [0, 0.1) is 6.92 Å². The zero-order valence-corrected chi connectivity index (χ0v) is 12.1. The number of likely N-dealkylation sites (N-methyl/N-ethyl adjacent to an activating group) is 1. The van der Waals surface area contributed by atoms with Gasteiger partial charge in [0.25, 0.3) is 0 Å². The van der Waals surface area contributed by atoms with Crippen molar-refractivity contribution in [3.8, 4) is 0 Å². The van der Waals surface area contributed by atoms with Gasteiger partial charge in [0.15, 0.2) is 0 Å². The highest BCUT2D eigenvalue weighted by molar-refractivity contribution is 5.27. The molecule has 3 rings (SSSR count). The fourth-order valence-electron chi connectivity index (χ4n) is 3.11. The minimum Gasteiger partial charge on any atom is -0.304 e. The van der Waals surface area contributed by atoms with Crippen LogP contribution in [0.15, 0.2) is 24.3 Å². The molecule has 1 heterocycles. The Morgan fingerprint density at radius 3 is 2.53 bits per heavy atom. The Bertz CT molecular complexity index is 418. The number of aryl methyl sites for hydroxylation is 1. The van der Waals surface area contributed by atoms with E-state index in [4.69, 9.17) is 0 Å². The summed E-state index contributed by atoms with van der Waals surface area (Å²) in [5.41, 5.74) is 6.60. The fraction of sp³-hybridized carbons (Fsp3) is 0.625. The highest BCUT2D eigenvalue weighted by atomic mass is 15.5. The van der Waals surface area contributed by atoms with Crippen LogP contribution in [0.5, 0.6) is 0 Å². The quantitative estimate of drug-likeness (QED) is 0.895. The van der Waals surface area contributed by atoms with E-state index in [1.165, 1.54) is 37.1 Å². The molecule has 1 saturated carbocycles. The number of nitrogens with zero attached hydrogens (tertiary/aromatic N) is 2. The van der Waals surface area contributed by atoms with Gasteiger partial charge < -0.3 is 4.90 Å². The predicted octanol–water partition coefficient (Wildman–Crippen LogP) is 1.99. The molecule has 1 aliphatic carbocycles. The van der Waals surface area contributed by atoms with E-state index < -0.39 is 0 Å². The van der Waals surface area contributed by atoms with Crippen molar-refractivity contribution in [2.75, 3.05) is 33.2 Å². The Labute approximate surface area is 116 Å². The third-order valence-corrected chi connectivity index (χ3v) is 4.52. The maximum Gasteiger partial charge on any atom is 0.0259 e. The Kier molecular flexibility index (Phi) is 3.87. The first-order valence-electron chi connectivity index (χ1n) is 7.47. The Hall–Kier alpha value is -0.900. The van der Waals surface area contributed by atoms with Crippen molar-refractivity contribution < 1.29 is 0 Å². The largest absolute Gasteiger partial charge is 0.304 e. The van der Waals surface area contributed by atoms with Crippen LogP contribution in [0.1, 0.15) is 29.9 Å². The van der Waals surface area contributed by atoms with Gasteiger partial charge in [0.1, 0.15) is 0 Å². The number of rotatable bonds is 3. The average molecular weight is 259 g/mol. The standard InChI is InChI=1S/C16H25N3/c1-13-4-3-5-14(10-13)15-11-16(12-15)17-19-8-6-18(2)7-9-19/h3-5,10,15-17H,6-9,11-12H2,1-2H3. The molecule has 0 unspecified atom stereocenters. The van der Waals surface area contributed by atoms with E-state index in [1.54, 1.807) is 0 Å². The number of benzene rings is 1. The lowest BCUT2D eigenvalue weighted by atomic mass is 9.76. The first-order chi connectivity index (χ1) is 9.20. The molecule has 0 radical (unpaired) electrons. The van der Waals surface area contributed by atoms with Crippen molar-refractivity contribution in [1.82, 2.24) is 15.3 Å². The molecule has 1 aromatic rings. The zero-order chi connectivity index (χ0) is 13.2. The van der Waals surface area contributed by atoms with Crippen molar-refractivity contribution in [2.24, 2.45) is 0 Å². The number of nitrogens with one attached hydrogen (secondary N) is 1. The summed E-state index contributed by atoms with van der Waals surface area (Å²) in [4.78, 5) is 2.40. The maximum absolute atomic E-state index is 3.70. The molecule has 1 aromatic carbocycles. The molecular weight excluding hydrogens is 234 g/mol. The van der Waals surface area contributed by atoms with E-state index in [0.717, 1.165) is 19.0 Å². The van der Waals surface area contributed by atoms with Gasteiger partial charge >= 0.3 is 0 Å². The summed E-state index contributed by atoms with van der Waals surface area (Å²) in [7, 11) is 2.20. The topological polar surface area (TPSA) is 18.5 Å². The second-order valence-electron chi connectivity index (χ2n) is 6.20. The van der Waals surface area contributed by atoms with Crippen molar-refractivity contribution >= 4 is 0 Å². The maximum atomic E-state index is 3.70. The molecule has 0 atom stereocenters. The van der Waals surface area contributed by atoms with E-state index in [1.807, 2.05) is 0 Å². The molecule has 0 amide bonds. The Morgan fingerprint density at radius 1 is 1.11 bits per heavy atom. The van der Waals surface area contributed by atoms with Crippen molar-refractivity contribution in [2.45, 2.75) is 31.7 Å². The summed E-state index contributed by atoms with van der Waals surface area (Å²) in [5.74, 6) is 0.768. The van der Waals surface area contributed by atoms with Gasteiger partial charge in [0.05, 0.1) is 0 Å². The van der Waals surface area contributed by atoms with Gasteiger partial charge in [0.2, 0.25) is 0 Å². The molecule has 1 N–H and O–H groups in total. The fourth-order valence-corrected chi connectivity index (χ4v) is 3.11. The second-order valence-corrected chi connectivity index (χ2v) is 6.20. The van der Waals surface area contributed by atoms with E-state index in [-0.39, 0.29) is 0 Å². The average Bonchev–Trinajstić information content (AvgIpc) is 2.35. The normalized spacial score (nSPS) is 29.2. The SMILES string of the molecule is Cc1cccc(C2CC(NN3CCN(C)CC3)C2)c1. The molecule has 1 aliphatic heterocycles. The number of piperazine rings is 1. The molecule has 1 saturated heterocycles. The van der Waals surface area contributed by atoms with Crippen LogP contribution in [0.3, 0.4) is 0 Å². The molecule has 0 aromatic heterocycles. The molecule has 0 spiro atoms. The van der Waals surface area contributed by atoms with E-state index in [9.17, 15) is 0 Å². The van der Waals surface area contributed by atoms with Gasteiger partial charge in [-0.15, -0.1) is 0 Å². The minimum absolute atomic E-state index is 0.689. The number of hydrogen-bond donors (Lipinski definition) is 1. The lowest BCUT2D eigenvalue weighted by molar-refractivity contribution is 0.0628.